The van der Waals surface area contributed by atoms with Gasteiger partial charge in [-0.25, -0.2) is 0 Å². The van der Waals surface area contributed by atoms with Crippen molar-refractivity contribution in [2.45, 2.75) is 26.7 Å². The first-order chi connectivity index (χ1) is 9.98. The van der Waals surface area contributed by atoms with E-state index < -0.39 is 0 Å². The topological polar surface area (TPSA) is 69.6 Å². The summed E-state index contributed by atoms with van der Waals surface area (Å²) >= 11 is 0. The fourth-order valence-corrected chi connectivity index (χ4v) is 2.54. The van der Waals surface area contributed by atoms with Crippen LogP contribution < -0.4 is 5.32 Å². The molecule has 2 rings (SSSR count). The number of carbonyl (C=O) groups excluding carboxylic acids is 2. The smallest absolute Gasteiger partial charge is 0.261 e. The third-order valence-corrected chi connectivity index (χ3v) is 4.59. The number of anilines is 1. The summed E-state index contributed by atoms with van der Waals surface area (Å²) in [7, 11) is 1.49. The highest BCUT2D eigenvalue weighted by Crippen LogP contribution is 2.28. The van der Waals surface area contributed by atoms with Crippen LogP contribution >= 0.6 is 0 Å². The van der Waals surface area contributed by atoms with E-state index in [4.69, 9.17) is 0 Å². The van der Waals surface area contributed by atoms with E-state index in [0.29, 0.717) is 17.7 Å². The molecule has 0 unspecified atom stereocenters. The predicted octanol–water partition coefficient (Wildman–Crippen LogP) is 2.12. The number of rotatable bonds is 6. The molecule has 0 fully saturated rings. The maximum Gasteiger partial charge on any atom is 0.261 e. The number of fused-ring (bicyclic) bond motifs is 1. The molecule has 2 N–H and O–H groups in total. The maximum atomic E-state index is 12.0. The van der Waals surface area contributed by atoms with Crippen LogP contribution in [-0.2, 0) is 0 Å². The average Bonchev–Trinajstić information content (AvgIpc) is 2.74. The Labute approximate surface area is 125 Å². The van der Waals surface area contributed by atoms with Gasteiger partial charge in [-0.1, -0.05) is 13.8 Å². The number of hydrogen-bond donors (Lipinski definition) is 2. The molecule has 114 valence electrons. The molecular formula is C16H22N2O3. The Bertz CT molecular complexity index is 556. The molecule has 0 spiro atoms. The first-order valence-corrected chi connectivity index (χ1v) is 7.29. The van der Waals surface area contributed by atoms with Gasteiger partial charge in [-0.3, -0.25) is 14.5 Å². The van der Waals surface area contributed by atoms with E-state index in [9.17, 15) is 14.7 Å². The van der Waals surface area contributed by atoms with Crippen molar-refractivity contribution in [3.63, 3.8) is 0 Å². The lowest BCUT2D eigenvalue weighted by Crippen LogP contribution is -2.32. The van der Waals surface area contributed by atoms with E-state index in [2.05, 4.69) is 19.2 Å². The molecule has 0 aliphatic carbocycles. The maximum absolute atomic E-state index is 12.0. The fraction of sp³-hybridized carbons (Fsp3) is 0.500. The number of carbonyl (C=O) groups is 2. The van der Waals surface area contributed by atoms with Gasteiger partial charge in [0.1, 0.15) is 0 Å². The Morgan fingerprint density at radius 1 is 1.14 bits per heavy atom. The van der Waals surface area contributed by atoms with Gasteiger partial charge in [-0.05, 0) is 31.0 Å². The summed E-state index contributed by atoms with van der Waals surface area (Å²) < 4.78 is 0. The van der Waals surface area contributed by atoms with Crippen molar-refractivity contribution in [2.24, 2.45) is 5.41 Å². The van der Waals surface area contributed by atoms with Crippen molar-refractivity contribution < 1.29 is 14.7 Å². The van der Waals surface area contributed by atoms with Crippen LogP contribution in [0.2, 0.25) is 0 Å². The van der Waals surface area contributed by atoms with Crippen molar-refractivity contribution in [1.29, 1.82) is 0 Å². The Hall–Kier alpha value is -1.88. The van der Waals surface area contributed by atoms with Gasteiger partial charge in [-0.15, -0.1) is 0 Å². The summed E-state index contributed by atoms with van der Waals surface area (Å²) in [5.74, 6) is -0.522. The van der Waals surface area contributed by atoms with Crippen LogP contribution in [-0.4, -0.2) is 42.0 Å². The minimum Gasteiger partial charge on any atom is -0.396 e. The Balaban J connectivity index is 2.18. The summed E-state index contributed by atoms with van der Waals surface area (Å²) in [5, 5.41) is 12.9. The van der Waals surface area contributed by atoms with Crippen molar-refractivity contribution >= 4 is 17.5 Å². The number of aliphatic hydroxyl groups is 1. The van der Waals surface area contributed by atoms with Gasteiger partial charge >= 0.3 is 0 Å². The highest BCUT2D eigenvalue weighted by Gasteiger charge is 2.33. The summed E-state index contributed by atoms with van der Waals surface area (Å²) in [4.78, 5) is 24.9. The zero-order valence-electron chi connectivity index (χ0n) is 12.8. The van der Waals surface area contributed by atoms with E-state index in [1.807, 2.05) is 0 Å². The van der Waals surface area contributed by atoms with Crippen LogP contribution in [0.4, 0.5) is 5.69 Å². The van der Waals surface area contributed by atoms with Gasteiger partial charge in [0.15, 0.2) is 0 Å². The second kappa shape index (κ2) is 5.85. The molecule has 2 amide bonds. The fourth-order valence-electron chi connectivity index (χ4n) is 2.54. The van der Waals surface area contributed by atoms with Crippen LogP contribution in [0.1, 0.15) is 47.4 Å². The van der Waals surface area contributed by atoms with Gasteiger partial charge < -0.3 is 10.4 Å². The van der Waals surface area contributed by atoms with E-state index in [-0.39, 0.29) is 23.8 Å². The standard InChI is InChI=1S/C16H22N2O3/c1-4-16(5-2,10-19)9-17-11-6-7-12-13(8-11)15(21)18(3)14(12)20/h6-8,17,19H,4-5,9-10H2,1-3H3. The second-order valence-corrected chi connectivity index (χ2v) is 5.65. The molecule has 1 aliphatic rings. The molecule has 0 atom stereocenters. The molecule has 21 heavy (non-hydrogen) atoms. The average molecular weight is 290 g/mol. The molecule has 1 aromatic rings. The van der Waals surface area contributed by atoms with E-state index in [0.717, 1.165) is 23.4 Å². The Morgan fingerprint density at radius 3 is 2.33 bits per heavy atom. The Kier molecular flexibility index (Phi) is 4.32. The zero-order chi connectivity index (χ0) is 15.6. The van der Waals surface area contributed by atoms with Crippen LogP contribution in [0.25, 0.3) is 0 Å². The van der Waals surface area contributed by atoms with Crippen molar-refractivity contribution in [2.75, 3.05) is 25.5 Å². The zero-order valence-corrected chi connectivity index (χ0v) is 12.8. The monoisotopic (exact) mass is 290 g/mol. The number of benzene rings is 1. The van der Waals surface area contributed by atoms with Crippen molar-refractivity contribution in [3.8, 4) is 0 Å². The molecule has 0 saturated heterocycles. The van der Waals surface area contributed by atoms with Gasteiger partial charge in [0.05, 0.1) is 17.7 Å². The third kappa shape index (κ3) is 2.65. The van der Waals surface area contributed by atoms with Gasteiger partial charge in [0.25, 0.3) is 11.8 Å². The molecule has 1 aliphatic heterocycles. The van der Waals surface area contributed by atoms with E-state index >= 15 is 0 Å². The van der Waals surface area contributed by atoms with E-state index in [1.54, 1.807) is 18.2 Å². The summed E-state index contributed by atoms with van der Waals surface area (Å²) in [6.07, 6.45) is 1.75. The van der Waals surface area contributed by atoms with E-state index in [1.165, 1.54) is 7.05 Å². The Morgan fingerprint density at radius 2 is 1.76 bits per heavy atom. The first kappa shape index (κ1) is 15.5. The number of amides is 2. The number of hydrogen-bond acceptors (Lipinski definition) is 4. The summed E-state index contributed by atoms with van der Waals surface area (Å²) in [5.41, 5.74) is 1.53. The molecule has 5 heteroatoms. The lowest BCUT2D eigenvalue weighted by atomic mass is 9.83. The number of imide groups is 1. The summed E-state index contributed by atoms with van der Waals surface area (Å²) in [6, 6.07) is 5.20. The van der Waals surface area contributed by atoms with Crippen LogP contribution in [0.5, 0.6) is 0 Å². The molecule has 0 aromatic heterocycles. The molecule has 1 heterocycles. The number of nitrogens with one attached hydrogen (secondary N) is 1. The SMILES string of the molecule is CCC(CC)(CO)CNc1ccc2c(c1)C(=O)N(C)C2=O. The van der Waals surface area contributed by atoms with Crippen molar-refractivity contribution in [1.82, 2.24) is 4.90 Å². The highest BCUT2D eigenvalue weighted by molar-refractivity contribution is 6.21. The molecule has 0 radical (unpaired) electrons. The largest absolute Gasteiger partial charge is 0.396 e. The molecule has 5 nitrogen and oxygen atoms in total. The predicted molar refractivity (Wildman–Crippen MR) is 81.5 cm³/mol. The van der Waals surface area contributed by atoms with Crippen molar-refractivity contribution in [3.05, 3.63) is 29.3 Å². The second-order valence-electron chi connectivity index (χ2n) is 5.65. The van der Waals surface area contributed by atoms with Crippen LogP contribution in [0.3, 0.4) is 0 Å². The first-order valence-electron chi connectivity index (χ1n) is 7.29. The molecule has 1 aromatic carbocycles. The molecule has 0 saturated carbocycles. The third-order valence-electron chi connectivity index (χ3n) is 4.59. The normalized spacial score (nSPS) is 14.6. The summed E-state index contributed by atoms with van der Waals surface area (Å²) in [6.45, 7) is 4.87. The molecular weight excluding hydrogens is 268 g/mol. The van der Waals surface area contributed by atoms with Gasteiger partial charge in [0.2, 0.25) is 0 Å². The quantitative estimate of drug-likeness (QED) is 0.787. The number of nitrogens with zero attached hydrogens (tertiary/aromatic N) is 1. The lowest BCUT2D eigenvalue weighted by molar-refractivity contribution is 0.0693. The molecule has 0 bridgehead atoms. The highest BCUT2D eigenvalue weighted by atomic mass is 16.3. The lowest BCUT2D eigenvalue weighted by Gasteiger charge is -2.30. The van der Waals surface area contributed by atoms with Crippen LogP contribution in [0, 0.1) is 5.41 Å². The van der Waals surface area contributed by atoms with Gasteiger partial charge in [-0.2, -0.15) is 0 Å². The minimum atomic E-state index is -0.266. The van der Waals surface area contributed by atoms with Gasteiger partial charge in [0, 0.05) is 24.7 Å². The van der Waals surface area contributed by atoms with Crippen LogP contribution in [0.15, 0.2) is 18.2 Å². The minimum absolute atomic E-state index is 0.123. The number of aliphatic hydroxyl groups excluding tert-OH is 1.